The van der Waals surface area contributed by atoms with E-state index in [1.165, 1.54) is 57.8 Å². The van der Waals surface area contributed by atoms with Gasteiger partial charge < -0.3 is 10.1 Å². The van der Waals surface area contributed by atoms with Gasteiger partial charge in [-0.05, 0) is 51.5 Å². The van der Waals surface area contributed by atoms with E-state index < -0.39 is 0 Å². The number of hydrogen-bond donors (Lipinski definition) is 1. The van der Waals surface area contributed by atoms with Crippen LogP contribution in [0.5, 0.6) is 0 Å². The van der Waals surface area contributed by atoms with E-state index in [2.05, 4.69) is 12.4 Å². The molecule has 2 aliphatic rings. The molecule has 0 amide bonds. The molecule has 1 saturated heterocycles. The van der Waals surface area contributed by atoms with E-state index >= 15 is 0 Å². The molecule has 2 atom stereocenters. The van der Waals surface area contributed by atoms with Crippen LogP contribution in [-0.4, -0.2) is 25.8 Å². The highest BCUT2D eigenvalue weighted by atomic mass is 16.5. The van der Waals surface area contributed by atoms with Gasteiger partial charge in [0.05, 0.1) is 6.10 Å². The third-order valence-corrected chi connectivity index (χ3v) is 4.38. The monoisotopic (exact) mass is 225 g/mol. The van der Waals surface area contributed by atoms with Crippen LogP contribution >= 0.6 is 0 Å². The van der Waals surface area contributed by atoms with Crippen LogP contribution < -0.4 is 5.32 Å². The molecule has 2 nitrogen and oxygen atoms in total. The van der Waals surface area contributed by atoms with Crippen LogP contribution in [0.1, 0.15) is 57.8 Å². The van der Waals surface area contributed by atoms with Crippen molar-refractivity contribution in [2.75, 3.05) is 13.7 Å². The van der Waals surface area contributed by atoms with Crippen LogP contribution in [0.4, 0.5) is 0 Å². The van der Waals surface area contributed by atoms with E-state index in [1.807, 2.05) is 0 Å². The summed E-state index contributed by atoms with van der Waals surface area (Å²) in [5, 5.41) is 3.54. The maximum Gasteiger partial charge on any atom is 0.0590 e. The molecule has 0 aromatic carbocycles. The smallest absolute Gasteiger partial charge is 0.0590 e. The zero-order valence-corrected chi connectivity index (χ0v) is 10.7. The van der Waals surface area contributed by atoms with Gasteiger partial charge in [0.15, 0.2) is 0 Å². The largest absolute Gasteiger partial charge is 0.378 e. The molecule has 0 spiro atoms. The lowest BCUT2D eigenvalue weighted by Gasteiger charge is -2.33. The fraction of sp³-hybridized carbons (Fsp3) is 1.00. The highest BCUT2D eigenvalue weighted by Gasteiger charge is 2.26. The predicted molar refractivity (Wildman–Crippen MR) is 67.6 cm³/mol. The van der Waals surface area contributed by atoms with Gasteiger partial charge in [-0.15, -0.1) is 0 Å². The second-order valence-corrected chi connectivity index (χ2v) is 5.52. The van der Waals surface area contributed by atoms with Crippen molar-refractivity contribution < 1.29 is 4.74 Å². The molecule has 1 aliphatic heterocycles. The van der Waals surface area contributed by atoms with E-state index in [1.54, 1.807) is 0 Å². The van der Waals surface area contributed by atoms with Gasteiger partial charge in [-0.3, -0.25) is 0 Å². The molecule has 1 heterocycles. The molecule has 1 aliphatic carbocycles. The second kappa shape index (κ2) is 6.61. The van der Waals surface area contributed by atoms with Crippen LogP contribution in [-0.2, 0) is 4.74 Å². The van der Waals surface area contributed by atoms with Gasteiger partial charge in [-0.1, -0.05) is 19.3 Å². The minimum atomic E-state index is 0.535. The fourth-order valence-electron chi connectivity index (χ4n) is 3.36. The van der Waals surface area contributed by atoms with Crippen molar-refractivity contribution in [2.24, 2.45) is 5.92 Å². The van der Waals surface area contributed by atoms with Gasteiger partial charge in [0.25, 0.3) is 0 Å². The van der Waals surface area contributed by atoms with Crippen molar-refractivity contribution >= 4 is 0 Å². The standard InChI is InChI=1S/C14H27NO/c1-15-14(12-7-3-2-4-8-12)11-13-9-5-6-10-16-13/h12-15H,2-11H2,1H3. The maximum atomic E-state index is 5.86. The van der Waals surface area contributed by atoms with E-state index in [-0.39, 0.29) is 0 Å². The predicted octanol–water partition coefficient (Wildman–Crippen LogP) is 3.11. The minimum Gasteiger partial charge on any atom is -0.378 e. The Bertz CT molecular complexity index is 183. The number of rotatable bonds is 4. The average molecular weight is 225 g/mol. The molecule has 1 saturated carbocycles. The van der Waals surface area contributed by atoms with Crippen molar-refractivity contribution in [1.82, 2.24) is 5.32 Å². The molecule has 2 heteroatoms. The minimum absolute atomic E-state index is 0.535. The molecule has 0 radical (unpaired) electrons. The first-order valence-electron chi connectivity index (χ1n) is 7.19. The van der Waals surface area contributed by atoms with Gasteiger partial charge >= 0.3 is 0 Å². The van der Waals surface area contributed by atoms with E-state index in [0.717, 1.165) is 12.5 Å². The SMILES string of the molecule is CNC(CC1CCCCO1)C1CCCCC1. The van der Waals surface area contributed by atoms with E-state index in [9.17, 15) is 0 Å². The Morgan fingerprint density at radius 3 is 2.44 bits per heavy atom. The van der Waals surface area contributed by atoms with Crippen molar-refractivity contribution in [3.8, 4) is 0 Å². The van der Waals surface area contributed by atoms with Crippen LogP contribution in [0.2, 0.25) is 0 Å². The summed E-state index contributed by atoms with van der Waals surface area (Å²) in [5.74, 6) is 0.907. The number of nitrogens with one attached hydrogen (secondary N) is 1. The first kappa shape index (κ1) is 12.4. The summed E-state index contributed by atoms with van der Waals surface area (Å²) < 4.78 is 5.86. The van der Waals surface area contributed by atoms with E-state index in [0.29, 0.717) is 12.1 Å². The van der Waals surface area contributed by atoms with Crippen molar-refractivity contribution in [2.45, 2.75) is 69.9 Å². The van der Waals surface area contributed by atoms with Gasteiger partial charge in [0.1, 0.15) is 0 Å². The normalized spacial score (nSPS) is 30.2. The van der Waals surface area contributed by atoms with Crippen molar-refractivity contribution in [3.63, 3.8) is 0 Å². The Hall–Kier alpha value is -0.0800. The average Bonchev–Trinajstić information content (AvgIpc) is 2.38. The van der Waals surface area contributed by atoms with Crippen molar-refractivity contribution in [1.29, 1.82) is 0 Å². The summed E-state index contributed by atoms with van der Waals surface area (Å²) in [6, 6.07) is 0.698. The Morgan fingerprint density at radius 1 is 1.06 bits per heavy atom. The third kappa shape index (κ3) is 3.46. The zero-order chi connectivity index (χ0) is 11.2. The molecule has 0 bridgehead atoms. The van der Waals surface area contributed by atoms with Crippen LogP contribution in [0.3, 0.4) is 0 Å². The highest BCUT2D eigenvalue weighted by molar-refractivity contribution is 4.81. The molecule has 2 unspecified atom stereocenters. The summed E-state index contributed by atoms with van der Waals surface area (Å²) in [6.45, 7) is 0.992. The van der Waals surface area contributed by atoms with Crippen molar-refractivity contribution in [3.05, 3.63) is 0 Å². The van der Waals surface area contributed by atoms with Crippen LogP contribution in [0.25, 0.3) is 0 Å². The Kier molecular flexibility index (Phi) is 5.11. The molecule has 16 heavy (non-hydrogen) atoms. The Labute approximate surface area is 100 Å². The molecule has 0 aromatic rings. The summed E-state index contributed by atoms with van der Waals surface area (Å²) >= 11 is 0. The molecular formula is C14H27NO. The summed E-state index contributed by atoms with van der Waals surface area (Å²) in [4.78, 5) is 0. The van der Waals surface area contributed by atoms with Crippen LogP contribution in [0, 0.1) is 5.92 Å². The van der Waals surface area contributed by atoms with Gasteiger partial charge in [-0.25, -0.2) is 0 Å². The molecular weight excluding hydrogens is 198 g/mol. The Morgan fingerprint density at radius 2 is 1.81 bits per heavy atom. The van der Waals surface area contributed by atoms with E-state index in [4.69, 9.17) is 4.74 Å². The highest BCUT2D eigenvalue weighted by Crippen LogP contribution is 2.29. The molecule has 94 valence electrons. The first-order valence-corrected chi connectivity index (χ1v) is 7.19. The molecule has 1 N–H and O–H groups in total. The van der Waals surface area contributed by atoms with Crippen LogP contribution in [0.15, 0.2) is 0 Å². The number of hydrogen-bond acceptors (Lipinski definition) is 2. The third-order valence-electron chi connectivity index (χ3n) is 4.38. The molecule has 2 fully saturated rings. The number of ether oxygens (including phenoxy) is 1. The Balaban J connectivity index is 1.78. The quantitative estimate of drug-likeness (QED) is 0.794. The molecule has 2 rings (SSSR count). The summed E-state index contributed by atoms with van der Waals surface area (Å²) in [6.07, 6.45) is 12.9. The lowest BCUT2D eigenvalue weighted by atomic mass is 9.81. The maximum absolute atomic E-state index is 5.86. The molecule has 0 aromatic heterocycles. The lowest BCUT2D eigenvalue weighted by Crippen LogP contribution is -2.39. The van der Waals surface area contributed by atoms with Gasteiger partial charge in [-0.2, -0.15) is 0 Å². The van der Waals surface area contributed by atoms with Gasteiger partial charge in [0.2, 0.25) is 0 Å². The lowest BCUT2D eigenvalue weighted by molar-refractivity contribution is 0.000228. The summed E-state index contributed by atoms with van der Waals surface area (Å²) in [5.41, 5.74) is 0. The zero-order valence-electron chi connectivity index (χ0n) is 10.7. The fourth-order valence-corrected chi connectivity index (χ4v) is 3.36. The second-order valence-electron chi connectivity index (χ2n) is 5.52. The topological polar surface area (TPSA) is 21.3 Å². The summed E-state index contributed by atoms with van der Waals surface area (Å²) in [7, 11) is 2.13. The van der Waals surface area contributed by atoms with Gasteiger partial charge in [0, 0.05) is 12.6 Å². The first-order chi connectivity index (χ1) is 7.90.